The predicted octanol–water partition coefficient (Wildman–Crippen LogP) is -1.27. The van der Waals surface area contributed by atoms with Crippen LogP contribution >= 0.6 is 0 Å². The molecule has 0 fully saturated rings. The van der Waals surface area contributed by atoms with Crippen molar-refractivity contribution in [1.82, 2.24) is 15.5 Å². The number of nitrogens with one attached hydrogen (secondary N) is 2. The Morgan fingerprint density at radius 2 is 0.942 bits per heavy atom. The lowest BCUT2D eigenvalue weighted by Crippen LogP contribution is -2.42. The fourth-order valence-corrected chi connectivity index (χ4v) is 3.97. The van der Waals surface area contributed by atoms with Crippen molar-refractivity contribution in [2.24, 2.45) is 0 Å². The molecule has 294 valence electrons. The number of terminal acetylenes is 2. The highest BCUT2D eigenvalue weighted by Gasteiger charge is 2.23. The van der Waals surface area contributed by atoms with E-state index in [1.165, 1.54) is 12.2 Å². The Morgan fingerprint density at radius 1 is 0.558 bits per heavy atom. The summed E-state index contributed by atoms with van der Waals surface area (Å²) in [6, 6.07) is -0.357. The second-order valence-electron chi connectivity index (χ2n) is 10.6. The van der Waals surface area contributed by atoms with Gasteiger partial charge in [0.15, 0.2) is 0 Å². The quantitative estimate of drug-likeness (QED) is 0.0436. The molecule has 0 aliphatic carbocycles. The van der Waals surface area contributed by atoms with E-state index in [1.807, 2.05) is 0 Å². The maximum absolute atomic E-state index is 12.1. The van der Waals surface area contributed by atoms with Crippen LogP contribution in [0.5, 0.6) is 0 Å². The Balaban J connectivity index is 1.75. The van der Waals surface area contributed by atoms with Gasteiger partial charge in [-0.25, -0.2) is 0 Å². The summed E-state index contributed by atoms with van der Waals surface area (Å²) in [4.78, 5) is 47.8. The highest BCUT2D eigenvalue weighted by Crippen LogP contribution is 2.04. The normalized spacial score (nSPS) is 12.4. The van der Waals surface area contributed by atoms with E-state index in [-0.39, 0.29) is 70.3 Å². The van der Waals surface area contributed by atoms with Crippen molar-refractivity contribution < 1.29 is 66.5 Å². The number of hydrogen-bond donors (Lipinski definition) is 2. The Bertz CT molecular complexity index is 1040. The molecule has 0 unspecified atom stereocenters. The summed E-state index contributed by atoms with van der Waals surface area (Å²) in [5.74, 6) is 3.47. The first-order valence-electron chi connectivity index (χ1n) is 17.2. The van der Waals surface area contributed by atoms with E-state index in [4.69, 9.17) is 60.2 Å². The molecule has 0 aromatic rings. The van der Waals surface area contributed by atoms with Crippen molar-refractivity contribution in [3.05, 3.63) is 12.2 Å². The van der Waals surface area contributed by atoms with E-state index in [2.05, 4.69) is 22.5 Å². The van der Waals surface area contributed by atoms with Crippen LogP contribution in [0.3, 0.4) is 0 Å². The molecule has 0 atom stereocenters. The van der Waals surface area contributed by atoms with Crippen molar-refractivity contribution in [3.8, 4) is 24.7 Å². The van der Waals surface area contributed by atoms with Crippen LogP contribution in [0.15, 0.2) is 12.2 Å². The molecule has 52 heavy (non-hydrogen) atoms. The lowest BCUT2D eigenvalue weighted by atomic mass is 10.3. The third kappa shape index (κ3) is 28.2. The molecule has 1 aliphatic heterocycles. The van der Waals surface area contributed by atoms with E-state index in [1.54, 1.807) is 0 Å². The number of hydrogen-bond acceptors (Lipinski definition) is 14. The van der Waals surface area contributed by atoms with Crippen LogP contribution in [-0.4, -0.2) is 180 Å². The fraction of sp³-hybridized carbons (Fsp3) is 0.714. The topological polar surface area (TPSA) is 188 Å². The lowest BCUT2D eigenvalue weighted by Gasteiger charge is -2.18. The summed E-state index contributed by atoms with van der Waals surface area (Å²) in [6.45, 7) is 7.53. The number of ether oxygens (including phenoxy) is 10. The van der Waals surface area contributed by atoms with Gasteiger partial charge < -0.3 is 58.0 Å². The molecule has 0 spiro atoms. The second-order valence-corrected chi connectivity index (χ2v) is 10.6. The lowest BCUT2D eigenvalue weighted by molar-refractivity contribution is -0.137. The summed E-state index contributed by atoms with van der Waals surface area (Å²) >= 11 is 0. The first-order chi connectivity index (χ1) is 25.5. The van der Waals surface area contributed by atoms with Crippen LogP contribution in [0, 0.1) is 24.7 Å². The van der Waals surface area contributed by atoms with E-state index in [0.29, 0.717) is 106 Å². The molecule has 17 nitrogen and oxygen atoms in total. The second kappa shape index (κ2) is 34.6. The van der Waals surface area contributed by atoms with Crippen LogP contribution < -0.4 is 10.6 Å². The van der Waals surface area contributed by atoms with Gasteiger partial charge in [-0.2, -0.15) is 0 Å². The molecule has 0 radical (unpaired) electrons. The van der Waals surface area contributed by atoms with Crippen LogP contribution in [0.4, 0.5) is 0 Å². The zero-order chi connectivity index (χ0) is 37.7. The Labute approximate surface area is 306 Å². The average molecular weight is 742 g/mol. The van der Waals surface area contributed by atoms with Crippen molar-refractivity contribution in [2.75, 3.05) is 145 Å². The van der Waals surface area contributed by atoms with Crippen LogP contribution in [0.25, 0.3) is 0 Å². The van der Waals surface area contributed by atoms with Crippen LogP contribution in [0.1, 0.15) is 12.8 Å². The monoisotopic (exact) mass is 741 g/mol. The summed E-state index contributed by atoms with van der Waals surface area (Å²) in [5, 5.41) is 5.48. The maximum Gasteiger partial charge on any atom is 0.253 e. The summed E-state index contributed by atoms with van der Waals surface area (Å²) in [5.41, 5.74) is 0. The molecular formula is C35H55N3O14. The van der Waals surface area contributed by atoms with Gasteiger partial charge in [0.25, 0.3) is 11.8 Å². The van der Waals surface area contributed by atoms with E-state index in [0.717, 1.165) is 4.90 Å². The summed E-state index contributed by atoms with van der Waals surface area (Å²) in [7, 11) is 0. The molecule has 1 heterocycles. The highest BCUT2D eigenvalue weighted by molar-refractivity contribution is 6.13. The number of amides is 4. The third-order valence-corrected chi connectivity index (χ3v) is 6.48. The van der Waals surface area contributed by atoms with Gasteiger partial charge in [0, 0.05) is 38.1 Å². The molecule has 0 saturated carbocycles. The minimum atomic E-state index is -0.403. The van der Waals surface area contributed by atoms with Gasteiger partial charge in [0.1, 0.15) is 13.2 Å². The highest BCUT2D eigenvalue weighted by atomic mass is 16.6. The zero-order valence-corrected chi connectivity index (χ0v) is 30.0. The molecule has 0 saturated heterocycles. The average Bonchev–Trinajstić information content (AvgIpc) is 3.46. The number of carbonyl (C=O) groups is 4. The molecule has 1 rings (SSSR count). The largest absolute Gasteiger partial charge is 0.379 e. The minimum absolute atomic E-state index is 0.0443. The minimum Gasteiger partial charge on any atom is -0.379 e. The van der Waals surface area contributed by atoms with Gasteiger partial charge in [-0.1, -0.05) is 11.8 Å². The van der Waals surface area contributed by atoms with E-state index >= 15 is 0 Å². The maximum atomic E-state index is 12.1. The molecule has 1 aliphatic rings. The van der Waals surface area contributed by atoms with Crippen molar-refractivity contribution in [3.63, 3.8) is 0 Å². The van der Waals surface area contributed by atoms with Gasteiger partial charge in [-0.3, -0.25) is 24.1 Å². The van der Waals surface area contributed by atoms with E-state index in [9.17, 15) is 19.2 Å². The zero-order valence-electron chi connectivity index (χ0n) is 30.0. The molecule has 4 amide bonds. The predicted molar refractivity (Wildman–Crippen MR) is 186 cm³/mol. The molecule has 0 aromatic carbocycles. The number of imide groups is 1. The first kappa shape index (κ1) is 46.6. The molecular weight excluding hydrogens is 686 g/mol. The molecule has 2 N–H and O–H groups in total. The van der Waals surface area contributed by atoms with Crippen LogP contribution in [-0.2, 0) is 66.5 Å². The molecule has 17 heteroatoms. The fourth-order valence-electron chi connectivity index (χ4n) is 3.97. The Kier molecular flexibility index (Phi) is 31.0. The first-order valence-corrected chi connectivity index (χ1v) is 17.2. The summed E-state index contributed by atoms with van der Waals surface area (Å²) in [6.07, 6.45) is 12.9. The third-order valence-electron chi connectivity index (χ3n) is 6.48. The van der Waals surface area contributed by atoms with Crippen molar-refractivity contribution >= 4 is 23.6 Å². The smallest absolute Gasteiger partial charge is 0.253 e. The van der Waals surface area contributed by atoms with Gasteiger partial charge >= 0.3 is 0 Å². The molecule has 0 bridgehead atoms. The van der Waals surface area contributed by atoms with Crippen molar-refractivity contribution in [2.45, 2.75) is 18.9 Å². The van der Waals surface area contributed by atoms with Gasteiger partial charge in [-0.05, 0) is 0 Å². The van der Waals surface area contributed by atoms with Gasteiger partial charge in [-0.15, -0.1) is 12.8 Å². The van der Waals surface area contributed by atoms with Crippen LogP contribution in [0.2, 0.25) is 0 Å². The standard InChI is InChI=1S/C35H55N3O14/c1-3-11-51-29-31(30-52-12-4-2)37-33(40)8-13-43-15-17-45-19-21-47-23-25-49-27-28-50-26-24-48-22-20-46-18-16-44-14-9-36-32(39)7-10-38-34(41)5-6-35(38)42/h1-2,5-6,31H,7-30H2,(H,36,39)(H,37,40). The molecule has 0 aromatic heterocycles. The van der Waals surface area contributed by atoms with E-state index < -0.39 is 11.8 Å². The number of nitrogens with zero attached hydrogens (tertiary/aromatic N) is 1. The van der Waals surface area contributed by atoms with Crippen molar-refractivity contribution in [1.29, 1.82) is 0 Å². The van der Waals surface area contributed by atoms with Gasteiger partial charge in [0.2, 0.25) is 11.8 Å². The number of carbonyl (C=O) groups excluding carboxylic acids is 4. The SMILES string of the molecule is C#CCOCC(COCC#C)NC(=O)CCOCCOCCOCCOCCOCCOCCOCCOCCNC(=O)CCN1C(=O)C=CC1=O. The Hall–Kier alpha value is -3.46. The Morgan fingerprint density at radius 3 is 1.35 bits per heavy atom. The number of rotatable bonds is 37. The summed E-state index contributed by atoms with van der Waals surface area (Å²) < 4.78 is 54.1. The van der Waals surface area contributed by atoms with Gasteiger partial charge in [0.05, 0.1) is 125 Å².